The van der Waals surface area contributed by atoms with Crippen molar-refractivity contribution in [3.05, 3.63) is 130 Å². The second kappa shape index (κ2) is 13.3. The SMILES string of the molecule is O=C(NNC(=O)C(Cc1c[nH]c2ccccc12)NS(=O)(=O)c1ccc(Cl)cc1)c1ccc(COc2ccc(Cl)cc2)cc1. The Kier molecular flexibility index (Phi) is 9.32. The van der Waals surface area contributed by atoms with Crippen molar-refractivity contribution in [2.24, 2.45) is 0 Å². The van der Waals surface area contributed by atoms with Crippen molar-refractivity contribution in [2.45, 2.75) is 24.0 Å². The summed E-state index contributed by atoms with van der Waals surface area (Å²) >= 11 is 11.8. The standard InChI is InChI=1S/C31H26Cl2N4O5S/c32-23-9-13-25(14-10-23)42-19-20-5-7-21(8-6-20)30(38)35-36-31(39)29(17-22-18-34-28-4-2-1-3-27(22)28)37-43(40,41)26-15-11-24(33)12-16-26/h1-16,18,29,34,37H,17,19H2,(H,35,38)(H,36,39). The Labute approximate surface area is 258 Å². The van der Waals surface area contributed by atoms with Gasteiger partial charge in [-0.2, -0.15) is 4.72 Å². The van der Waals surface area contributed by atoms with E-state index < -0.39 is 27.9 Å². The summed E-state index contributed by atoms with van der Waals surface area (Å²) in [5, 5.41) is 1.82. The van der Waals surface area contributed by atoms with Crippen LogP contribution >= 0.6 is 23.2 Å². The summed E-state index contributed by atoms with van der Waals surface area (Å²) in [4.78, 5) is 29.2. The Morgan fingerprint density at radius 2 is 1.47 bits per heavy atom. The number of aromatic amines is 1. The minimum absolute atomic E-state index is 0.0147. The Morgan fingerprint density at radius 3 is 2.16 bits per heavy atom. The summed E-state index contributed by atoms with van der Waals surface area (Å²) < 4.78 is 34.5. The molecule has 43 heavy (non-hydrogen) atoms. The lowest BCUT2D eigenvalue weighted by Crippen LogP contribution is -2.53. The minimum Gasteiger partial charge on any atom is -0.489 e. The van der Waals surface area contributed by atoms with Gasteiger partial charge in [0.25, 0.3) is 11.8 Å². The molecule has 12 heteroatoms. The molecule has 1 aromatic heterocycles. The number of halogens is 2. The zero-order chi connectivity index (χ0) is 30.4. The number of sulfonamides is 1. The molecule has 0 aliphatic carbocycles. The second-order valence-electron chi connectivity index (χ2n) is 9.57. The van der Waals surface area contributed by atoms with Crippen molar-refractivity contribution in [2.75, 3.05) is 0 Å². The highest BCUT2D eigenvalue weighted by atomic mass is 35.5. The first-order valence-corrected chi connectivity index (χ1v) is 15.3. The number of hydrogen-bond donors (Lipinski definition) is 4. The molecule has 4 aromatic carbocycles. The zero-order valence-electron chi connectivity index (χ0n) is 22.5. The van der Waals surface area contributed by atoms with Crippen molar-refractivity contribution >= 4 is 55.9 Å². The molecule has 5 rings (SSSR count). The van der Waals surface area contributed by atoms with E-state index in [9.17, 15) is 18.0 Å². The smallest absolute Gasteiger partial charge is 0.269 e. The lowest BCUT2D eigenvalue weighted by atomic mass is 10.1. The fourth-order valence-corrected chi connectivity index (χ4v) is 5.75. The number of nitrogens with one attached hydrogen (secondary N) is 4. The van der Waals surface area contributed by atoms with E-state index in [-0.39, 0.29) is 23.5 Å². The van der Waals surface area contributed by atoms with E-state index in [1.54, 1.807) is 54.7 Å². The maximum atomic E-state index is 13.3. The molecule has 9 nitrogen and oxygen atoms in total. The summed E-state index contributed by atoms with van der Waals surface area (Å²) in [6.45, 7) is 0.281. The maximum Gasteiger partial charge on any atom is 0.269 e. The van der Waals surface area contributed by atoms with Gasteiger partial charge in [-0.05, 0) is 84.3 Å². The number of carbonyl (C=O) groups is 2. The molecular formula is C31H26Cl2N4O5S. The van der Waals surface area contributed by atoms with Crippen molar-refractivity contribution in [1.29, 1.82) is 0 Å². The Balaban J connectivity index is 1.25. The number of benzene rings is 4. The number of ether oxygens (including phenoxy) is 1. The lowest BCUT2D eigenvalue weighted by Gasteiger charge is -2.19. The Morgan fingerprint density at radius 1 is 0.814 bits per heavy atom. The molecule has 0 aliphatic heterocycles. The van der Waals surface area contributed by atoms with Crippen molar-refractivity contribution in [3.8, 4) is 5.75 Å². The van der Waals surface area contributed by atoms with Crippen LogP contribution in [0.25, 0.3) is 10.9 Å². The van der Waals surface area contributed by atoms with Crippen LogP contribution in [0.2, 0.25) is 10.0 Å². The van der Waals surface area contributed by atoms with Crippen LogP contribution in [0, 0.1) is 0 Å². The molecule has 4 N–H and O–H groups in total. The predicted molar refractivity (Wildman–Crippen MR) is 165 cm³/mol. The number of hydrogen-bond acceptors (Lipinski definition) is 5. The monoisotopic (exact) mass is 636 g/mol. The quantitative estimate of drug-likeness (QED) is 0.152. The summed E-state index contributed by atoms with van der Waals surface area (Å²) in [5.41, 5.74) is 7.40. The number of aromatic nitrogens is 1. The number of para-hydroxylation sites is 1. The van der Waals surface area contributed by atoms with E-state index in [2.05, 4.69) is 20.6 Å². The van der Waals surface area contributed by atoms with Gasteiger partial charge in [0.15, 0.2) is 0 Å². The van der Waals surface area contributed by atoms with Crippen molar-refractivity contribution in [1.82, 2.24) is 20.6 Å². The topological polar surface area (TPSA) is 129 Å². The maximum absolute atomic E-state index is 13.3. The Bertz CT molecular complexity index is 1840. The molecule has 0 aliphatic rings. The van der Waals surface area contributed by atoms with Gasteiger partial charge in [0.1, 0.15) is 18.4 Å². The van der Waals surface area contributed by atoms with E-state index >= 15 is 0 Å². The molecule has 0 fully saturated rings. The molecule has 0 spiro atoms. The molecule has 0 bridgehead atoms. The number of carbonyl (C=O) groups excluding carboxylic acids is 2. The van der Waals surface area contributed by atoms with Crippen LogP contribution in [0.4, 0.5) is 0 Å². The van der Waals surface area contributed by atoms with E-state index in [1.807, 2.05) is 24.3 Å². The third-order valence-electron chi connectivity index (χ3n) is 6.57. The number of fused-ring (bicyclic) bond motifs is 1. The highest BCUT2D eigenvalue weighted by Crippen LogP contribution is 2.21. The molecule has 1 unspecified atom stereocenters. The molecule has 0 radical (unpaired) electrons. The normalized spacial score (nSPS) is 12.0. The molecule has 220 valence electrons. The van der Waals surface area contributed by atoms with E-state index in [0.29, 0.717) is 15.8 Å². The summed E-state index contributed by atoms with van der Waals surface area (Å²) in [5.74, 6) is -0.670. The molecule has 1 atom stereocenters. The van der Waals surface area contributed by atoms with E-state index in [4.69, 9.17) is 27.9 Å². The first-order valence-electron chi connectivity index (χ1n) is 13.1. The van der Waals surface area contributed by atoms with Crippen LogP contribution in [0.3, 0.4) is 0 Å². The summed E-state index contributed by atoms with van der Waals surface area (Å²) in [6, 6.07) is 25.4. The highest BCUT2D eigenvalue weighted by molar-refractivity contribution is 7.89. The average Bonchev–Trinajstić information content (AvgIpc) is 3.42. The predicted octanol–water partition coefficient (Wildman–Crippen LogP) is 5.40. The number of hydrazine groups is 1. The van der Waals surface area contributed by atoms with Gasteiger partial charge in [-0.1, -0.05) is 53.5 Å². The number of H-pyrrole nitrogens is 1. The first kappa shape index (κ1) is 30.1. The van der Waals surface area contributed by atoms with Gasteiger partial charge in [-0.3, -0.25) is 20.4 Å². The largest absolute Gasteiger partial charge is 0.489 e. The third-order valence-corrected chi connectivity index (χ3v) is 8.56. The lowest BCUT2D eigenvalue weighted by molar-refractivity contribution is -0.123. The molecule has 5 aromatic rings. The van der Waals surface area contributed by atoms with Gasteiger partial charge >= 0.3 is 0 Å². The van der Waals surface area contributed by atoms with Gasteiger partial charge in [-0.15, -0.1) is 0 Å². The summed E-state index contributed by atoms with van der Waals surface area (Å²) in [6.07, 6.45) is 1.74. The number of rotatable bonds is 10. The van der Waals surface area contributed by atoms with Crippen molar-refractivity contribution in [3.63, 3.8) is 0 Å². The van der Waals surface area contributed by atoms with Gasteiger partial charge in [0, 0.05) is 32.7 Å². The third kappa shape index (κ3) is 7.74. The van der Waals surface area contributed by atoms with Crippen LogP contribution in [0.5, 0.6) is 5.75 Å². The van der Waals surface area contributed by atoms with Gasteiger partial charge < -0.3 is 9.72 Å². The van der Waals surface area contributed by atoms with Gasteiger partial charge in [0.05, 0.1) is 4.90 Å². The van der Waals surface area contributed by atoms with Crippen LogP contribution in [-0.2, 0) is 27.8 Å². The number of amides is 2. The second-order valence-corrected chi connectivity index (χ2v) is 12.2. The van der Waals surface area contributed by atoms with Gasteiger partial charge in [0.2, 0.25) is 10.0 Å². The molecule has 1 heterocycles. The fourth-order valence-electron chi connectivity index (χ4n) is 4.30. The first-order chi connectivity index (χ1) is 20.7. The van der Waals surface area contributed by atoms with Gasteiger partial charge in [-0.25, -0.2) is 8.42 Å². The fraction of sp³-hybridized carbons (Fsp3) is 0.0968. The van der Waals surface area contributed by atoms with Crippen LogP contribution in [0.15, 0.2) is 108 Å². The van der Waals surface area contributed by atoms with E-state index in [1.165, 1.54) is 24.3 Å². The molecule has 0 saturated heterocycles. The molecule has 2 amide bonds. The minimum atomic E-state index is -4.11. The molecule has 0 saturated carbocycles. The highest BCUT2D eigenvalue weighted by Gasteiger charge is 2.27. The van der Waals surface area contributed by atoms with Crippen LogP contribution in [-0.4, -0.2) is 31.3 Å². The molecular weight excluding hydrogens is 611 g/mol. The van der Waals surface area contributed by atoms with Crippen LogP contribution in [0.1, 0.15) is 21.5 Å². The zero-order valence-corrected chi connectivity index (χ0v) is 24.8. The van der Waals surface area contributed by atoms with E-state index in [0.717, 1.165) is 22.0 Å². The Hall–Kier alpha value is -4.35. The van der Waals surface area contributed by atoms with Crippen LogP contribution < -0.4 is 20.3 Å². The van der Waals surface area contributed by atoms with Crippen molar-refractivity contribution < 1.29 is 22.7 Å². The average molecular weight is 638 g/mol. The summed E-state index contributed by atoms with van der Waals surface area (Å²) in [7, 11) is -4.11.